The second kappa shape index (κ2) is 9.91. The molecule has 0 radical (unpaired) electrons. The van der Waals surface area contributed by atoms with Crippen molar-refractivity contribution in [2.24, 2.45) is 0 Å². The lowest BCUT2D eigenvalue weighted by Gasteiger charge is -2.32. The van der Waals surface area contributed by atoms with Gasteiger partial charge in [0, 0.05) is 48.8 Å². The number of hydrogen-bond donors (Lipinski definition) is 2. The molecule has 1 aromatic heterocycles. The first-order valence-electron chi connectivity index (χ1n) is 12.9. The van der Waals surface area contributed by atoms with Gasteiger partial charge in [0.15, 0.2) is 9.84 Å². The summed E-state index contributed by atoms with van der Waals surface area (Å²) >= 11 is 0. The van der Waals surface area contributed by atoms with Crippen molar-refractivity contribution in [1.82, 2.24) is 14.8 Å². The molecule has 35 heavy (non-hydrogen) atoms. The first-order valence-corrected chi connectivity index (χ1v) is 14.5. The minimum Gasteiger partial charge on any atom is -0.358 e. The van der Waals surface area contributed by atoms with Gasteiger partial charge in [-0.15, -0.1) is 0 Å². The van der Waals surface area contributed by atoms with Crippen molar-refractivity contribution in [3.63, 3.8) is 0 Å². The molecule has 1 saturated heterocycles. The molecule has 3 aliphatic rings. The minimum absolute atomic E-state index is 0.0347. The number of H-pyrrole nitrogens is 1. The van der Waals surface area contributed by atoms with Crippen LogP contribution in [0.4, 0.5) is 5.69 Å². The third kappa shape index (κ3) is 4.97. The number of nitrogens with zero attached hydrogens (tertiary/aromatic N) is 2. The largest absolute Gasteiger partial charge is 0.358 e. The fraction of sp³-hybridized carbons (Fsp3) is 0.519. The Morgan fingerprint density at radius 3 is 2.63 bits per heavy atom. The van der Waals surface area contributed by atoms with Crippen molar-refractivity contribution in [3.8, 4) is 0 Å². The van der Waals surface area contributed by atoms with Crippen LogP contribution in [0.1, 0.15) is 54.3 Å². The zero-order valence-electron chi connectivity index (χ0n) is 20.8. The van der Waals surface area contributed by atoms with E-state index in [0.717, 1.165) is 64.1 Å². The second-order valence-corrected chi connectivity index (χ2v) is 12.3. The number of piperazine rings is 1. The summed E-state index contributed by atoms with van der Waals surface area (Å²) in [4.78, 5) is 21.7. The van der Waals surface area contributed by atoms with Gasteiger partial charge in [-0.25, -0.2) is 8.42 Å². The number of anilines is 1. The summed E-state index contributed by atoms with van der Waals surface area (Å²) in [5.41, 5.74) is 6.95. The molecule has 0 unspecified atom stereocenters. The van der Waals surface area contributed by atoms with Gasteiger partial charge in [-0.3, -0.25) is 4.79 Å². The molecule has 2 N–H and O–H groups in total. The maximum absolute atomic E-state index is 12.9. The summed E-state index contributed by atoms with van der Waals surface area (Å²) in [5, 5.41) is 2.91. The SMILES string of the molecule is CCS(=O)(=O)c1ccc2c(c1)/C(=C\c1[nH]c3c(c1CCCN1CCN(C)CC1)CCCC3)C(=O)N2. The molecular formula is C27H36N4O3S. The Bertz CT molecular complexity index is 1250. The smallest absolute Gasteiger partial charge is 0.256 e. The maximum atomic E-state index is 12.9. The number of likely N-dealkylation sites (N-methyl/N-ethyl adjacent to an activating group) is 1. The lowest BCUT2D eigenvalue weighted by Crippen LogP contribution is -2.44. The number of amides is 1. The highest BCUT2D eigenvalue weighted by Gasteiger charge is 2.28. The summed E-state index contributed by atoms with van der Waals surface area (Å²) in [7, 11) is -1.17. The number of hydrogen-bond acceptors (Lipinski definition) is 5. The molecule has 5 rings (SSSR count). The molecule has 0 atom stereocenters. The van der Waals surface area contributed by atoms with E-state index >= 15 is 0 Å². The quantitative estimate of drug-likeness (QED) is 0.574. The van der Waals surface area contributed by atoms with Gasteiger partial charge < -0.3 is 20.1 Å². The van der Waals surface area contributed by atoms with Gasteiger partial charge in [0.2, 0.25) is 0 Å². The van der Waals surface area contributed by atoms with E-state index in [9.17, 15) is 13.2 Å². The van der Waals surface area contributed by atoms with Crippen LogP contribution >= 0.6 is 0 Å². The van der Waals surface area contributed by atoms with Crippen LogP contribution in [0.15, 0.2) is 23.1 Å². The molecule has 1 aromatic carbocycles. The fourth-order valence-electron chi connectivity index (χ4n) is 5.55. The Kier molecular flexibility index (Phi) is 6.88. The number of fused-ring (bicyclic) bond motifs is 2. The number of rotatable bonds is 7. The lowest BCUT2D eigenvalue weighted by molar-refractivity contribution is -0.110. The second-order valence-electron chi connectivity index (χ2n) is 10.1. The first-order chi connectivity index (χ1) is 16.9. The number of aromatic amines is 1. The van der Waals surface area contributed by atoms with Crippen LogP contribution in [0.25, 0.3) is 11.6 Å². The summed E-state index contributed by atoms with van der Waals surface area (Å²) in [6.45, 7) is 7.23. The molecule has 1 amide bonds. The van der Waals surface area contributed by atoms with Crippen LogP contribution in [0, 0.1) is 0 Å². The Morgan fingerprint density at radius 2 is 1.86 bits per heavy atom. The fourth-order valence-corrected chi connectivity index (χ4v) is 6.46. The Morgan fingerprint density at radius 1 is 1.09 bits per heavy atom. The van der Waals surface area contributed by atoms with Crippen molar-refractivity contribution >= 4 is 33.1 Å². The standard InChI is InChI=1S/C27H36N4O3S/c1-3-35(33,34)19-10-11-25-22(17-19)23(27(32)29-25)18-26-21(20-7-4-5-9-24(20)28-26)8-6-12-31-15-13-30(2)14-16-31/h10-11,17-18,28H,3-9,12-16H2,1-2H3,(H,29,32)/b23-18+. The number of sulfone groups is 1. The Hall–Kier alpha value is -2.42. The van der Waals surface area contributed by atoms with E-state index < -0.39 is 9.84 Å². The number of carbonyl (C=O) groups excluding carboxylic acids is 1. The minimum atomic E-state index is -3.35. The van der Waals surface area contributed by atoms with Crippen LogP contribution in [-0.2, 0) is 33.9 Å². The van der Waals surface area contributed by atoms with Crippen molar-refractivity contribution in [2.75, 3.05) is 50.8 Å². The predicted molar refractivity (Wildman–Crippen MR) is 140 cm³/mol. The van der Waals surface area contributed by atoms with E-state index in [0.29, 0.717) is 16.8 Å². The van der Waals surface area contributed by atoms with Crippen molar-refractivity contribution in [2.45, 2.75) is 50.3 Å². The number of nitrogens with one attached hydrogen (secondary N) is 2. The molecule has 7 nitrogen and oxygen atoms in total. The number of benzene rings is 1. The van der Waals surface area contributed by atoms with Gasteiger partial charge in [0.1, 0.15) is 0 Å². The molecule has 0 bridgehead atoms. The normalized spacial score (nSPS) is 20.2. The monoisotopic (exact) mass is 496 g/mol. The molecule has 1 aliphatic carbocycles. The Balaban J connectivity index is 1.44. The predicted octanol–water partition coefficient (Wildman–Crippen LogP) is 3.36. The number of aromatic nitrogens is 1. The van der Waals surface area contributed by atoms with E-state index in [4.69, 9.17) is 0 Å². The average molecular weight is 497 g/mol. The van der Waals surface area contributed by atoms with Crippen LogP contribution in [-0.4, -0.2) is 74.6 Å². The van der Waals surface area contributed by atoms with Crippen molar-refractivity contribution < 1.29 is 13.2 Å². The summed E-state index contributed by atoms with van der Waals surface area (Å²) in [6.07, 6.45) is 8.54. The molecule has 1 fully saturated rings. The molecule has 2 aliphatic heterocycles. The highest BCUT2D eigenvalue weighted by Crippen LogP contribution is 2.37. The average Bonchev–Trinajstić information content (AvgIpc) is 3.37. The highest BCUT2D eigenvalue weighted by atomic mass is 32.2. The van der Waals surface area contributed by atoms with Crippen molar-refractivity contribution in [1.29, 1.82) is 0 Å². The lowest BCUT2D eigenvalue weighted by atomic mass is 9.92. The van der Waals surface area contributed by atoms with Crippen LogP contribution in [0.2, 0.25) is 0 Å². The summed E-state index contributed by atoms with van der Waals surface area (Å²) in [6, 6.07) is 4.93. The molecule has 3 heterocycles. The zero-order chi connectivity index (χ0) is 24.6. The first kappa shape index (κ1) is 24.3. The van der Waals surface area contributed by atoms with Gasteiger partial charge in [-0.05, 0) is 87.5 Å². The van der Waals surface area contributed by atoms with Gasteiger partial charge in [0.05, 0.1) is 16.2 Å². The number of aryl methyl sites for hydroxylation is 1. The summed E-state index contributed by atoms with van der Waals surface area (Å²) < 4.78 is 24.9. The Labute approximate surface area is 208 Å². The molecule has 2 aromatic rings. The summed E-state index contributed by atoms with van der Waals surface area (Å²) in [5.74, 6) is -0.144. The van der Waals surface area contributed by atoms with E-state index in [1.165, 1.54) is 29.7 Å². The van der Waals surface area contributed by atoms with Crippen LogP contribution < -0.4 is 5.32 Å². The van der Waals surface area contributed by atoms with E-state index in [1.807, 2.05) is 6.08 Å². The maximum Gasteiger partial charge on any atom is 0.256 e. The van der Waals surface area contributed by atoms with Crippen LogP contribution in [0.3, 0.4) is 0 Å². The zero-order valence-corrected chi connectivity index (χ0v) is 21.6. The third-order valence-corrected chi connectivity index (χ3v) is 9.47. The van der Waals surface area contributed by atoms with E-state index in [1.54, 1.807) is 25.1 Å². The van der Waals surface area contributed by atoms with Gasteiger partial charge >= 0.3 is 0 Å². The topological polar surface area (TPSA) is 85.5 Å². The van der Waals surface area contributed by atoms with Gasteiger partial charge in [0.25, 0.3) is 5.91 Å². The highest BCUT2D eigenvalue weighted by molar-refractivity contribution is 7.91. The molecule has 8 heteroatoms. The van der Waals surface area contributed by atoms with Crippen LogP contribution in [0.5, 0.6) is 0 Å². The number of carbonyl (C=O) groups is 1. The third-order valence-electron chi connectivity index (χ3n) is 7.74. The molecular weight excluding hydrogens is 460 g/mol. The molecule has 188 valence electrons. The van der Waals surface area contributed by atoms with E-state index in [2.05, 4.69) is 27.1 Å². The van der Waals surface area contributed by atoms with Gasteiger partial charge in [-0.2, -0.15) is 0 Å². The van der Waals surface area contributed by atoms with E-state index in [-0.39, 0.29) is 16.6 Å². The molecule has 0 spiro atoms. The molecule has 0 saturated carbocycles. The van der Waals surface area contributed by atoms with Crippen molar-refractivity contribution in [3.05, 3.63) is 46.3 Å². The van der Waals surface area contributed by atoms with Gasteiger partial charge in [-0.1, -0.05) is 6.92 Å².